The number of morpholine rings is 1. The van der Waals surface area contributed by atoms with Crippen LogP contribution in [0.5, 0.6) is 0 Å². The maximum Gasteiger partial charge on any atom is 0.244 e. The van der Waals surface area contributed by atoms with Gasteiger partial charge in [-0.1, -0.05) is 0 Å². The topological polar surface area (TPSA) is 80.5 Å². The van der Waals surface area contributed by atoms with Crippen LogP contribution in [0.2, 0.25) is 0 Å². The summed E-state index contributed by atoms with van der Waals surface area (Å²) in [5.41, 5.74) is 10.0. The lowest BCUT2D eigenvalue weighted by Gasteiger charge is -2.30. The number of hydrogen-bond acceptors (Lipinski definition) is 6. The average molecular weight is 306 g/mol. The largest absolute Gasteiger partial charge is 0.395 e. The fourth-order valence-corrected chi connectivity index (χ4v) is 3.12. The zero-order valence-corrected chi connectivity index (χ0v) is 12.7. The number of benzene rings is 1. The molecular weight excluding hydrogens is 288 g/mol. The molecule has 0 spiro atoms. The van der Waals surface area contributed by atoms with Gasteiger partial charge in [0.2, 0.25) is 5.91 Å². The van der Waals surface area contributed by atoms with E-state index in [-0.39, 0.29) is 11.9 Å². The smallest absolute Gasteiger partial charge is 0.244 e. The predicted molar refractivity (Wildman–Crippen MR) is 84.5 cm³/mol. The van der Waals surface area contributed by atoms with Crippen LogP contribution < -0.4 is 11.1 Å². The number of ether oxygens (including phenoxy) is 1. The second-order valence-electron chi connectivity index (χ2n) is 5.03. The van der Waals surface area contributed by atoms with Crippen LogP contribution in [0.15, 0.2) is 17.6 Å². The third-order valence-corrected chi connectivity index (χ3v) is 4.40. The maximum atomic E-state index is 12.4. The minimum absolute atomic E-state index is 0.0658. The summed E-state index contributed by atoms with van der Waals surface area (Å²) in [6.45, 7) is 4.34. The van der Waals surface area contributed by atoms with E-state index in [0.717, 1.165) is 15.9 Å². The Balaban J connectivity index is 1.74. The minimum atomic E-state index is -0.332. The Morgan fingerprint density at radius 3 is 3.00 bits per heavy atom. The first-order valence-corrected chi connectivity index (χ1v) is 7.79. The summed E-state index contributed by atoms with van der Waals surface area (Å²) in [6, 6.07) is 3.54. The number of rotatable bonds is 3. The molecule has 6 nitrogen and oxygen atoms in total. The molecule has 1 aliphatic rings. The maximum absolute atomic E-state index is 12.4. The molecule has 0 bridgehead atoms. The number of nitrogens with zero attached hydrogens (tertiary/aromatic N) is 2. The van der Waals surface area contributed by atoms with Crippen molar-refractivity contribution in [1.82, 2.24) is 9.88 Å². The number of amides is 1. The van der Waals surface area contributed by atoms with Gasteiger partial charge in [-0.15, -0.1) is 11.3 Å². The fourth-order valence-electron chi connectivity index (χ4n) is 2.43. The van der Waals surface area contributed by atoms with Crippen LogP contribution in [0, 0.1) is 0 Å². The number of nitrogen functional groups attached to an aromatic ring is 1. The molecule has 1 atom stereocenters. The van der Waals surface area contributed by atoms with Crippen LogP contribution in [0.4, 0.5) is 11.4 Å². The summed E-state index contributed by atoms with van der Waals surface area (Å²) >= 11 is 1.55. The van der Waals surface area contributed by atoms with E-state index in [1.165, 1.54) is 0 Å². The van der Waals surface area contributed by atoms with Crippen LogP contribution in [-0.2, 0) is 9.53 Å². The quantitative estimate of drug-likeness (QED) is 0.841. The number of carbonyl (C=O) groups is 1. The van der Waals surface area contributed by atoms with Crippen molar-refractivity contribution in [1.29, 1.82) is 0 Å². The summed E-state index contributed by atoms with van der Waals surface area (Å²) < 4.78 is 6.31. The SMILES string of the molecule is CC(Nc1ccc2scnc2c1N)C(=O)N1CCOCC1. The van der Waals surface area contributed by atoms with Crippen molar-refractivity contribution in [3.05, 3.63) is 17.6 Å². The van der Waals surface area contributed by atoms with Crippen LogP contribution in [-0.4, -0.2) is 48.1 Å². The highest BCUT2D eigenvalue weighted by Gasteiger charge is 2.23. The summed E-state index contributed by atoms with van der Waals surface area (Å²) in [5.74, 6) is 0.0658. The molecule has 0 saturated carbocycles. The highest BCUT2D eigenvalue weighted by atomic mass is 32.1. The molecule has 1 saturated heterocycles. The molecule has 1 aromatic carbocycles. The van der Waals surface area contributed by atoms with Gasteiger partial charge in [0.15, 0.2) is 0 Å². The zero-order chi connectivity index (χ0) is 14.8. The molecular formula is C14H18N4O2S. The number of anilines is 2. The monoisotopic (exact) mass is 306 g/mol. The lowest BCUT2D eigenvalue weighted by molar-refractivity contribution is -0.135. The fraction of sp³-hybridized carbons (Fsp3) is 0.429. The lowest BCUT2D eigenvalue weighted by atomic mass is 10.2. The predicted octanol–water partition coefficient (Wildman–Crippen LogP) is 1.54. The van der Waals surface area contributed by atoms with Crippen molar-refractivity contribution < 1.29 is 9.53 Å². The summed E-state index contributed by atoms with van der Waals surface area (Å²) in [5, 5.41) is 3.20. The van der Waals surface area contributed by atoms with E-state index >= 15 is 0 Å². The number of thiazole rings is 1. The van der Waals surface area contributed by atoms with E-state index in [9.17, 15) is 4.79 Å². The molecule has 0 aliphatic carbocycles. The molecule has 2 aromatic rings. The molecule has 0 radical (unpaired) electrons. The molecule has 1 aromatic heterocycles. The van der Waals surface area contributed by atoms with Gasteiger partial charge >= 0.3 is 0 Å². The minimum Gasteiger partial charge on any atom is -0.395 e. The van der Waals surface area contributed by atoms with Crippen molar-refractivity contribution in [2.24, 2.45) is 0 Å². The van der Waals surface area contributed by atoms with E-state index in [1.54, 1.807) is 16.8 Å². The van der Waals surface area contributed by atoms with Gasteiger partial charge in [0.1, 0.15) is 11.6 Å². The number of nitrogens with two attached hydrogens (primary N) is 1. The molecule has 112 valence electrons. The van der Waals surface area contributed by atoms with Crippen molar-refractivity contribution in [3.8, 4) is 0 Å². The second-order valence-corrected chi connectivity index (χ2v) is 5.92. The van der Waals surface area contributed by atoms with Crippen molar-refractivity contribution in [2.45, 2.75) is 13.0 Å². The molecule has 1 amide bonds. The summed E-state index contributed by atoms with van der Waals surface area (Å²) in [4.78, 5) is 18.5. The van der Waals surface area contributed by atoms with Crippen LogP contribution in [0.3, 0.4) is 0 Å². The Labute approximate surface area is 126 Å². The second kappa shape index (κ2) is 5.87. The molecule has 1 fully saturated rings. The highest BCUT2D eigenvalue weighted by Crippen LogP contribution is 2.30. The third kappa shape index (κ3) is 2.79. The molecule has 21 heavy (non-hydrogen) atoms. The molecule has 1 unspecified atom stereocenters. The number of fused-ring (bicyclic) bond motifs is 1. The molecule has 1 aliphatic heterocycles. The van der Waals surface area contributed by atoms with Gasteiger partial charge in [-0.2, -0.15) is 0 Å². The van der Waals surface area contributed by atoms with Crippen molar-refractivity contribution in [2.75, 3.05) is 37.4 Å². The number of carbonyl (C=O) groups excluding carboxylic acids is 1. The standard InChI is InChI=1S/C14H18N4O2S/c1-9(14(19)18-4-6-20-7-5-18)17-10-2-3-11-13(12(10)15)16-8-21-11/h2-3,8-9,17H,4-7,15H2,1H3. The van der Waals surface area contributed by atoms with Gasteiger partial charge in [-0.3, -0.25) is 4.79 Å². The van der Waals surface area contributed by atoms with Gasteiger partial charge in [0.05, 0.1) is 34.8 Å². The first kappa shape index (κ1) is 14.1. The van der Waals surface area contributed by atoms with E-state index < -0.39 is 0 Å². The summed E-state index contributed by atoms with van der Waals surface area (Å²) in [7, 11) is 0. The van der Waals surface area contributed by atoms with Crippen LogP contribution in [0.1, 0.15) is 6.92 Å². The Morgan fingerprint density at radius 1 is 1.48 bits per heavy atom. The van der Waals surface area contributed by atoms with Crippen molar-refractivity contribution in [3.63, 3.8) is 0 Å². The van der Waals surface area contributed by atoms with E-state index in [2.05, 4.69) is 10.3 Å². The Kier molecular flexibility index (Phi) is 3.94. The summed E-state index contributed by atoms with van der Waals surface area (Å²) in [6.07, 6.45) is 0. The number of aromatic nitrogens is 1. The normalized spacial score (nSPS) is 16.9. The van der Waals surface area contributed by atoms with Gasteiger partial charge in [-0.05, 0) is 19.1 Å². The molecule has 3 rings (SSSR count). The number of nitrogens with one attached hydrogen (secondary N) is 1. The average Bonchev–Trinajstić information content (AvgIpc) is 2.99. The first-order valence-electron chi connectivity index (χ1n) is 6.91. The van der Waals surface area contributed by atoms with E-state index in [4.69, 9.17) is 10.5 Å². The Morgan fingerprint density at radius 2 is 2.24 bits per heavy atom. The first-order chi connectivity index (χ1) is 10.2. The van der Waals surface area contributed by atoms with Crippen molar-refractivity contribution >= 4 is 38.8 Å². The third-order valence-electron chi connectivity index (χ3n) is 3.61. The Hall–Kier alpha value is -1.86. The Bertz CT molecular complexity index is 651. The van der Waals surface area contributed by atoms with Crippen LogP contribution in [0.25, 0.3) is 10.2 Å². The van der Waals surface area contributed by atoms with Gasteiger partial charge in [0.25, 0.3) is 0 Å². The molecule has 3 N–H and O–H groups in total. The lowest BCUT2D eigenvalue weighted by Crippen LogP contribution is -2.47. The molecule has 2 heterocycles. The van der Waals surface area contributed by atoms with Gasteiger partial charge in [-0.25, -0.2) is 4.98 Å². The van der Waals surface area contributed by atoms with Crippen LogP contribution >= 0.6 is 11.3 Å². The van der Waals surface area contributed by atoms with Gasteiger partial charge < -0.3 is 20.7 Å². The highest BCUT2D eigenvalue weighted by molar-refractivity contribution is 7.16. The van der Waals surface area contributed by atoms with Gasteiger partial charge in [0, 0.05) is 13.1 Å². The number of hydrogen-bond donors (Lipinski definition) is 2. The van der Waals surface area contributed by atoms with E-state index in [0.29, 0.717) is 32.0 Å². The molecule has 7 heteroatoms. The van der Waals surface area contributed by atoms with E-state index in [1.807, 2.05) is 24.0 Å². The zero-order valence-electron chi connectivity index (χ0n) is 11.8.